The molecule has 0 radical (unpaired) electrons. The molecule has 0 unspecified atom stereocenters. The topological polar surface area (TPSA) is 77.0 Å². The first-order valence-corrected chi connectivity index (χ1v) is 9.89. The number of rotatable bonds is 6. The second-order valence-corrected chi connectivity index (χ2v) is 7.57. The molecule has 3 aromatic rings. The third kappa shape index (κ3) is 3.89. The monoisotopic (exact) mass is 438 g/mol. The van der Waals surface area contributed by atoms with Crippen molar-refractivity contribution >= 4 is 21.8 Å². The number of nitrogens with one attached hydrogen (secondary N) is 1. The van der Waals surface area contributed by atoms with Crippen LogP contribution in [0.3, 0.4) is 0 Å². The van der Waals surface area contributed by atoms with Gasteiger partial charge in [0.25, 0.3) is 5.91 Å². The predicted octanol–water partition coefficient (Wildman–Crippen LogP) is 4.12. The van der Waals surface area contributed by atoms with E-state index in [2.05, 4.69) is 36.2 Å². The molecule has 1 N–H and O–H groups in total. The lowest BCUT2D eigenvalue weighted by atomic mass is 10.0. The Balaban J connectivity index is 1.50. The maximum absolute atomic E-state index is 12.7. The van der Waals surface area contributed by atoms with Crippen LogP contribution in [0.4, 0.5) is 0 Å². The standard InChI is InChI=1S/C21H19BrN4O2/c1-2-28-19-13-23-12-18(25-19)14-6-7-17(24-11-14)20(27)26-21(8-9-21)15-4-3-5-16(22)10-15/h3-7,10-13H,2,8-9H2,1H3,(H,26,27). The molecule has 0 aliphatic heterocycles. The van der Waals surface area contributed by atoms with Crippen LogP contribution in [0.15, 0.2) is 59.5 Å². The number of benzene rings is 1. The molecule has 0 bridgehead atoms. The van der Waals surface area contributed by atoms with E-state index in [9.17, 15) is 4.79 Å². The van der Waals surface area contributed by atoms with Gasteiger partial charge in [0, 0.05) is 16.2 Å². The van der Waals surface area contributed by atoms with E-state index in [-0.39, 0.29) is 11.4 Å². The number of hydrogen-bond acceptors (Lipinski definition) is 5. The minimum atomic E-state index is -0.293. The fourth-order valence-electron chi connectivity index (χ4n) is 3.06. The van der Waals surface area contributed by atoms with Gasteiger partial charge < -0.3 is 10.1 Å². The number of carbonyl (C=O) groups is 1. The van der Waals surface area contributed by atoms with Crippen molar-refractivity contribution in [2.24, 2.45) is 0 Å². The van der Waals surface area contributed by atoms with Gasteiger partial charge in [0.2, 0.25) is 5.88 Å². The van der Waals surface area contributed by atoms with Crippen molar-refractivity contribution in [2.75, 3.05) is 6.61 Å². The third-order valence-corrected chi connectivity index (χ3v) is 5.17. The van der Waals surface area contributed by atoms with Gasteiger partial charge in [-0.05, 0) is 49.6 Å². The number of amides is 1. The molecule has 1 fully saturated rings. The number of pyridine rings is 1. The molecule has 0 spiro atoms. The van der Waals surface area contributed by atoms with Crippen molar-refractivity contribution in [3.05, 3.63) is 70.7 Å². The molecule has 6 nitrogen and oxygen atoms in total. The highest BCUT2D eigenvalue weighted by molar-refractivity contribution is 9.10. The number of carbonyl (C=O) groups excluding carboxylic acids is 1. The van der Waals surface area contributed by atoms with Crippen LogP contribution in [-0.2, 0) is 5.54 Å². The van der Waals surface area contributed by atoms with E-state index in [1.54, 1.807) is 24.7 Å². The summed E-state index contributed by atoms with van der Waals surface area (Å²) >= 11 is 3.49. The van der Waals surface area contributed by atoms with Crippen LogP contribution in [0.25, 0.3) is 11.3 Å². The summed E-state index contributed by atoms with van der Waals surface area (Å²) in [6.45, 7) is 2.42. The number of hydrogen-bond donors (Lipinski definition) is 1. The Morgan fingerprint density at radius 3 is 2.75 bits per heavy atom. The summed E-state index contributed by atoms with van der Waals surface area (Å²) in [6.07, 6.45) is 6.69. The maximum atomic E-state index is 12.7. The molecule has 7 heteroatoms. The molecule has 1 aromatic carbocycles. The third-order valence-electron chi connectivity index (χ3n) is 4.68. The average Bonchev–Trinajstić information content (AvgIpc) is 3.49. The Hall–Kier alpha value is -2.80. The molecule has 1 amide bonds. The molecule has 142 valence electrons. The SMILES string of the molecule is CCOc1cncc(-c2ccc(C(=O)NC3(c4cccc(Br)c4)CC3)nc2)n1. The van der Waals surface area contributed by atoms with Gasteiger partial charge in [-0.25, -0.2) is 4.98 Å². The molecular weight excluding hydrogens is 420 g/mol. The van der Waals surface area contributed by atoms with Crippen molar-refractivity contribution < 1.29 is 9.53 Å². The summed E-state index contributed by atoms with van der Waals surface area (Å²) in [5.41, 5.74) is 2.61. The number of aromatic nitrogens is 3. The normalized spacial score (nSPS) is 14.4. The molecule has 4 rings (SSSR count). The predicted molar refractivity (Wildman–Crippen MR) is 109 cm³/mol. The van der Waals surface area contributed by atoms with Gasteiger partial charge in [0.15, 0.2) is 0 Å². The zero-order chi connectivity index (χ0) is 19.6. The van der Waals surface area contributed by atoms with Crippen LogP contribution in [0, 0.1) is 0 Å². The van der Waals surface area contributed by atoms with Crippen molar-refractivity contribution in [2.45, 2.75) is 25.3 Å². The molecule has 0 atom stereocenters. The number of ether oxygens (including phenoxy) is 1. The van der Waals surface area contributed by atoms with E-state index in [1.165, 1.54) is 0 Å². The largest absolute Gasteiger partial charge is 0.477 e. The van der Waals surface area contributed by atoms with Crippen LogP contribution < -0.4 is 10.1 Å². The molecule has 1 aliphatic carbocycles. The van der Waals surface area contributed by atoms with Crippen LogP contribution in [0.2, 0.25) is 0 Å². The average molecular weight is 439 g/mol. The van der Waals surface area contributed by atoms with Crippen LogP contribution >= 0.6 is 15.9 Å². The molecule has 1 saturated carbocycles. The summed E-state index contributed by atoms with van der Waals surface area (Å²) in [5.74, 6) is 0.282. The van der Waals surface area contributed by atoms with Gasteiger partial charge in [-0.2, -0.15) is 0 Å². The summed E-state index contributed by atoms with van der Waals surface area (Å²) < 4.78 is 6.38. The fourth-order valence-corrected chi connectivity index (χ4v) is 3.46. The molecular formula is C21H19BrN4O2. The smallest absolute Gasteiger partial charge is 0.270 e. The lowest BCUT2D eigenvalue weighted by molar-refractivity contribution is 0.0925. The Morgan fingerprint density at radius 1 is 1.21 bits per heavy atom. The Bertz CT molecular complexity index is 1000. The van der Waals surface area contributed by atoms with Crippen molar-refractivity contribution in [1.82, 2.24) is 20.3 Å². The maximum Gasteiger partial charge on any atom is 0.270 e. The minimum absolute atomic E-state index is 0.182. The van der Waals surface area contributed by atoms with Gasteiger partial charge >= 0.3 is 0 Å². The quantitative estimate of drug-likeness (QED) is 0.626. The lowest BCUT2D eigenvalue weighted by Crippen LogP contribution is -2.35. The molecule has 2 heterocycles. The highest BCUT2D eigenvalue weighted by atomic mass is 79.9. The highest BCUT2D eigenvalue weighted by Crippen LogP contribution is 2.46. The van der Waals surface area contributed by atoms with Gasteiger partial charge in [-0.1, -0.05) is 28.1 Å². The van der Waals surface area contributed by atoms with Crippen LogP contribution in [0.5, 0.6) is 5.88 Å². The first kappa shape index (κ1) is 18.6. The summed E-state index contributed by atoms with van der Waals surface area (Å²) in [4.78, 5) is 25.6. The summed E-state index contributed by atoms with van der Waals surface area (Å²) in [5, 5.41) is 3.14. The second-order valence-electron chi connectivity index (χ2n) is 6.65. The number of halogens is 1. The summed E-state index contributed by atoms with van der Waals surface area (Å²) in [7, 11) is 0. The van der Waals surface area contributed by atoms with Crippen molar-refractivity contribution in [3.8, 4) is 17.1 Å². The van der Waals surface area contributed by atoms with Crippen molar-refractivity contribution in [1.29, 1.82) is 0 Å². The minimum Gasteiger partial charge on any atom is -0.477 e. The van der Waals surface area contributed by atoms with E-state index in [0.717, 1.165) is 28.4 Å². The summed E-state index contributed by atoms with van der Waals surface area (Å²) in [6, 6.07) is 11.6. The van der Waals surface area contributed by atoms with Gasteiger partial charge in [-0.3, -0.25) is 14.8 Å². The van der Waals surface area contributed by atoms with Gasteiger partial charge in [0.1, 0.15) is 5.69 Å². The Labute approximate surface area is 171 Å². The fraction of sp³-hybridized carbons (Fsp3) is 0.238. The van der Waals surface area contributed by atoms with E-state index < -0.39 is 0 Å². The molecule has 2 aromatic heterocycles. The lowest BCUT2D eigenvalue weighted by Gasteiger charge is -2.18. The van der Waals surface area contributed by atoms with Crippen LogP contribution in [-0.4, -0.2) is 27.5 Å². The first-order chi connectivity index (χ1) is 13.6. The highest BCUT2D eigenvalue weighted by Gasteiger charge is 2.46. The molecule has 28 heavy (non-hydrogen) atoms. The van der Waals surface area contributed by atoms with Gasteiger partial charge in [-0.15, -0.1) is 0 Å². The Morgan fingerprint density at radius 2 is 2.07 bits per heavy atom. The molecule has 1 aliphatic rings. The number of nitrogens with zero attached hydrogens (tertiary/aromatic N) is 3. The van der Waals surface area contributed by atoms with E-state index in [1.807, 2.05) is 37.3 Å². The Kier molecular flexibility index (Phi) is 5.09. The van der Waals surface area contributed by atoms with Gasteiger partial charge in [0.05, 0.1) is 30.2 Å². The zero-order valence-corrected chi connectivity index (χ0v) is 16.9. The van der Waals surface area contributed by atoms with Crippen molar-refractivity contribution in [3.63, 3.8) is 0 Å². The first-order valence-electron chi connectivity index (χ1n) is 9.09. The zero-order valence-electron chi connectivity index (χ0n) is 15.4. The van der Waals surface area contributed by atoms with Crippen LogP contribution in [0.1, 0.15) is 35.8 Å². The van der Waals surface area contributed by atoms with E-state index in [0.29, 0.717) is 23.9 Å². The van der Waals surface area contributed by atoms with E-state index >= 15 is 0 Å². The molecule has 0 saturated heterocycles. The van der Waals surface area contributed by atoms with E-state index in [4.69, 9.17) is 4.74 Å². The second kappa shape index (κ2) is 7.67.